The van der Waals surface area contributed by atoms with E-state index in [1.54, 1.807) is 4.90 Å². The monoisotopic (exact) mass is 233 g/mol. The number of imide groups is 1. The first-order chi connectivity index (χ1) is 8.06. The molecule has 1 aliphatic heterocycles. The van der Waals surface area contributed by atoms with Crippen LogP contribution in [0, 0.1) is 0 Å². The topological polar surface area (TPSA) is 75.4 Å². The van der Waals surface area contributed by atoms with Crippen molar-refractivity contribution in [3.05, 3.63) is 29.8 Å². The van der Waals surface area contributed by atoms with Crippen LogP contribution in [-0.2, 0) is 9.59 Å². The van der Waals surface area contributed by atoms with Gasteiger partial charge < -0.3 is 10.6 Å². The van der Waals surface area contributed by atoms with Crippen molar-refractivity contribution in [2.75, 3.05) is 18.0 Å². The molecule has 0 spiro atoms. The zero-order valence-corrected chi connectivity index (χ0v) is 9.64. The zero-order chi connectivity index (χ0) is 12.4. The fourth-order valence-corrected chi connectivity index (χ4v) is 1.81. The van der Waals surface area contributed by atoms with E-state index in [0.717, 1.165) is 11.3 Å². The molecule has 0 bridgehead atoms. The minimum absolute atomic E-state index is 0.0182. The van der Waals surface area contributed by atoms with Gasteiger partial charge in [-0.3, -0.25) is 14.9 Å². The van der Waals surface area contributed by atoms with Gasteiger partial charge in [-0.15, -0.1) is 0 Å². The summed E-state index contributed by atoms with van der Waals surface area (Å²) in [5, 5.41) is 2.27. The summed E-state index contributed by atoms with van der Waals surface area (Å²) in [4.78, 5) is 24.2. The molecule has 3 N–H and O–H groups in total. The van der Waals surface area contributed by atoms with E-state index in [9.17, 15) is 9.59 Å². The highest BCUT2D eigenvalue weighted by molar-refractivity contribution is 6.02. The molecule has 1 unspecified atom stereocenters. The van der Waals surface area contributed by atoms with E-state index in [1.165, 1.54) is 0 Å². The molecule has 2 amide bonds. The van der Waals surface area contributed by atoms with Crippen molar-refractivity contribution in [1.82, 2.24) is 5.32 Å². The number of anilines is 1. The Balaban J connectivity index is 2.16. The van der Waals surface area contributed by atoms with Crippen LogP contribution in [0.4, 0.5) is 5.69 Å². The molecular weight excluding hydrogens is 218 g/mol. The molecule has 90 valence electrons. The number of benzene rings is 1. The van der Waals surface area contributed by atoms with Crippen LogP contribution in [0.2, 0.25) is 0 Å². The maximum atomic E-state index is 11.2. The number of piperazine rings is 1. The fraction of sp³-hybridized carbons (Fsp3) is 0.333. The summed E-state index contributed by atoms with van der Waals surface area (Å²) >= 11 is 0. The maximum absolute atomic E-state index is 11.2. The third-order valence-corrected chi connectivity index (χ3v) is 2.73. The molecule has 2 rings (SSSR count). The Hall–Kier alpha value is -1.88. The summed E-state index contributed by atoms with van der Waals surface area (Å²) in [7, 11) is 0. The molecule has 1 saturated heterocycles. The Morgan fingerprint density at radius 3 is 2.18 bits per heavy atom. The number of nitrogens with one attached hydrogen (secondary N) is 1. The van der Waals surface area contributed by atoms with Crippen LogP contribution in [-0.4, -0.2) is 24.9 Å². The first-order valence-corrected chi connectivity index (χ1v) is 5.49. The van der Waals surface area contributed by atoms with Crippen molar-refractivity contribution in [2.45, 2.75) is 13.0 Å². The summed E-state index contributed by atoms with van der Waals surface area (Å²) < 4.78 is 0. The van der Waals surface area contributed by atoms with Crippen LogP contribution in [0.5, 0.6) is 0 Å². The summed E-state index contributed by atoms with van der Waals surface area (Å²) in [6, 6.07) is 7.57. The summed E-state index contributed by atoms with van der Waals surface area (Å²) in [6.45, 7) is 2.33. The van der Waals surface area contributed by atoms with Gasteiger partial charge in [0.1, 0.15) is 0 Å². The first-order valence-electron chi connectivity index (χ1n) is 5.49. The average Bonchev–Trinajstić information content (AvgIpc) is 2.28. The van der Waals surface area contributed by atoms with Gasteiger partial charge in [0.25, 0.3) is 0 Å². The van der Waals surface area contributed by atoms with E-state index in [2.05, 4.69) is 5.32 Å². The van der Waals surface area contributed by atoms with Gasteiger partial charge in [0.05, 0.1) is 13.1 Å². The number of nitrogens with two attached hydrogens (primary N) is 1. The number of hydrogen-bond donors (Lipinski definition) is 2. The average molecular weight is 233 g/mol. The van der Waals surface area contributed by atoms with Crippen LogP contribution in [0.1, 0.15) is 18.5 Å². The first kappa shape index (κ1) is 11.6. The van der Waals surface area contributed by atoms with Gasteiger partial charge in [0, 0.05) is 11.7 Å². The van der Waals surface area contributed by atoms with Gasteiger partial charge in [-0.25, -0.2) is 0 Å². The van der Waals surface area contributed by atoms with Gasteiger partial charge in [0.2, 0.25) is 11.8 Å². The second-order valence-corrected chi connectivity index (χ2v) is 4.21. The second kappa shape index (κ2) is 4.55. The number of carbonyl (C=O) groups is 2. The van der Waals surface area contributed by atoms with Crippen molar-refractivity contribution >= 4 is 17.5 Å². The van der Waals surface area contributed by atoms with Crippen LogP contribution in [0.3, 0.4) is 0 Å². The maximum Gasteiger partial charge on any atom is 0.246 e. The highest BCUT2D eigenvalue weighted by atomic mass is 16.2. The smallest absolute Gasteiger partial charge is 0.246 e. The third-order valence-electron chi connectivity index (χ3n) is 2.73. The van der Waals surface area contributed by atoms with Crippen molar-refractivity contribution in [2.24, 2.45) is 5.73 Å². The predicted octanol–water partition coefficient (Wildman–Crippen LogP) is 0.169. The molecular formula is C12H15N3O2. The SMILES string of the molecule is CC(N)c1ccc(N2CC(=O)NC(=O)C2)cc1. The van der Waals surface area contributed by atoms with Gasteiger partial charge in [-0.1, -0.05) is 12.1 Å². The molecule has 0 radical (unpaired) electrons. The lowest BCUT2D eigenvalue weighted by molar-refractivity contribution is -0.130. The highest BCUT2D eigenvalue weighted by Gasteiger charge is 2.22. The van der Waals surface area contributed by atoms with E-state index in [-0.39, 0.29) is 30.9 Å². The van der Waals surface area contributed by atoms with E-state index >= 15 is 0 Å². The van der Waals surface area contributed by atoms with Gasteiger partial charge in [-0.05, 0) is 24.6 Å². The molecule has 5 nitrogen and oxygen atoms in total. The molecule has 1 heterocycles. The Bertz CT molecular complexity index is 424. The Labute approximate surface area is 99.6 Å². The number of rotatable bonds is 2. The minimum atomic E-state index is -0.266. The van der Waals surface area contributed by atoms with E-state index in [4.69, 9.17) is 5.73 Å². The van der Waals surface area contributed by atoms with E-state index < -0.39 is 0 Å². The zero-order valence-electron chi connectivity index (χ0n) is 9.64. The summed E-state index contributed by atoms with van der Waals surface area (Å²) in [5.41, 5.74) is 7.64. The van der Waals surface area contributed by atoms with Gasteiger partial charge in [0.15, 0.2) is 0 Å². The molecule has 0 aliphatic carbocycles. The molecule has 1 aromatic rings. The normalized spacial score (nSPS) is 17.9. The largest absolute Gasteiger partial charge is 0.353 e. The molecule has 0 aromatic heterocycles. The lowest BCUT2D eigenvalue weighted by Gasteiger charge is -2.27. The van der Waals surface area contributed by atoms with Crippen molar-refractivity contribution in [3.8, 4) is 0 Å². The van der Waals surface area contributed by atoms with Crippen LogP contribution in [0.15, 0.2) is 24.3 Å². The Morgan fingerprint density at radius 1 is 1.18 bits per heavy atom. The van der Waals surface area contributed by atoms with Crippen molar-refractivity contribution in [3.63, 3.8) is 0 Å². The summed E-state index contributed by atoms with van der Waals surface area (Å²) in [5.74, 6) is -0.532. The Morgan fingerprint density at radius 2 is 1.71 bits per heavy atom. The quantitative estimate of drug-likeness (QED) is 0.714. The van der Waals surface area contributed by atoms with Crippen LogP contribution < -0.4 is 16.0 Å². The molecule has 0 saturated carbocycles. The van der Waals surface area contributed by atoms with Gasteiger partial charge >= 0.3 is 0 Å². The number of hydrogen-bond acceptors (Lipinski definition) is 4. The van der Waals surface area contributed by atoms with Crippen molar-refractivity contribution in [1.29, 1.82) is 0 Å². The van der Waals surface area contributed by atoms with Crippen molar-refractivity contribution < 1.29 is 9.59 Å². The van der Waals surface area contributed by atoms with E-state index in [1.807, 2.05) is 31.2 Å². The standard InChI is InChI=1S/C12H15N3O2/c1-8(13)9-2-4-10(5-3-9)15-6-11(16)14-12(17)7-15/h2-5,8H,6-7,13H2,1H3,(H,14,16,17). The molecule has 1 aromatic carbocycles. The molecule has 1 aliphatic rings. The molecule has 5 heteroatoms. The van der Waals surface area contributed by atoms with Crippen LogP contribution in [0.25, 0.3) is 0 Å². The predicted molar refractivity (Wildman–Crippen MR) is 64.4 cm³/mol. The fourth-order valence-electron chi connectivity index (χ4n) is 1.81. The number of amides is 2. The van der Waals surface area contributed by atoms with Gasteiger partial charge in [-0.2, -0.15) is 0 Å². The highest BCUT2D eigenvalue weighted by Crippen LogP contribution is 2.18. The van der Waals surface area contributed by atoms with E-state index in [0.29, 0.717) is 0 Å². The molecule has 1 fully saturated rings. The Kier molecular flexibility index (Phi) is 3.10. The number of carbonyl (C=O) groups excluding carboxylic acids is 2. The summed E-state index contributed by atoms with van der Waals surface area (Å²) in [6.07, 6.45) is 0. The minimum Gasteiger partial charge on any atom is -0.353 e. The lowest BCUT2D eigenvalue weighted by atomic mass is 10.1. The third kappa shape index (κ3) is 2.62. The molecule has 17 heavy (non-hydrogen) atoms. The molecule has 1 atom stereocenters. The lowest BCUT2D eigenvalue weighted by Crippen LogP contribution is -2.51. The number of nitrogens with zero attached hydrogens (tertiary/aromatic N) is 1. The van der Waals surface area contributed by atoms with Crippen LogP contribution >= 0.6 is 0 Å². The second-order valence-electron chi connectivity index (χ2n) is 4.21.